The van der Waals surface area contributed by atoms with Crippen LogP contribution in [-0.4, -0.2) is 21.2 Å². The normalized spacial score (nSPS) is 16.7. The summed E-state index contributed by atoms with van der Waals surface area (Å²) in [6.45, 7) is 1.97. The van der Waals surface area contributed by atoms with Gasteiger partial charge in [0, 0.05) is 16.3 Å². The molecule has 8 nitrogen and oxygen atoms in total. The van der Waals surface area contributed by atoms with E-state index < -0.39 is 16.7 Å². The molecule has 136 valence electrons. The first-order chi connectivity index (χ1) is 12.9. The largest absolute Gasteiger partial charge is 0.508 e. The van der Waals surface area contributed by atoms with E-state index in [-0.39, 0.29) is 11.4 Å². The standard InChI is InChI=1S/C19H17N5O3/c1-9-11-4-5-22-19(17(21)16(8-20)24(26)27)13(11)7-14-12-6-10(25)2-3-15(12)23-18(9)14/h2-8,19-20,22-23,25H,21H2,1H3/b17-16+,20-8?. The van der Waals surface area contributed by atoms with E-state index >= 15 is 0 Å². The maximum absolute atomic E-state index is 11.2. The van der Waals surface area contributed by atoms with Crippen molar-refractivity contribution in [3.05, 3.63) is 68.7 Å². The number of hydrogen-bond donors (Lipinski definition) is 5. The Hall–Kier alpha value is -3.81. The Balaban J connectivity index is 2.04. The van der Waals surface area contributed by atoms with Crippen LogP contribution in [0.3, 0.4) is 0 Å². The maximum Gasteiger partial charge on any atom is 0.307 e. The van der Waals surface area contributed by atoms with Crippen LogP contribution in [0.15, 0.2) is 41.9 Å². The summed E-state index contributed by atoms with van der Waals surface area (Å²) in [5.74, 6) is 0.159. The van der Waals surface area contributed by atoms with Crippen molar-refractivity contribution < 1.29 is 10.0 Å². The van der Waals surface area contributed by atoms with E-state index in [9.17, 15) is 15.2 Å². The number of aromatic nitrogens is 1. The summed E-state index contributed by atoms with van der Waals surface area (Å²) in [7, 11) is 0. The molecule has 0 saturated carbocycles. The van der Waals surface area contributed by atoms with E-state index in [4.69, 9.17) is 11.1 Å². The number of phenolic OH excluding ortho intramolecular Hbond substituents is 1. The summed E-state index contributed by atoms with van der Waals surface area (Å²) in [4.78, 5) is 13.9. The second-order valence-corrected chi connectivity index (χ2v) is 6.46. The molecule has 0 spiro atoms. The van der Waals surface area contributed by atoms with Crippen molar-refractivity contribution in [3.8, 4) is 5.75 Å². The number of phenols is 1. The van der Waals surface area contributed by atoms with Gasteiger partial charge in [0.2, 0.25) is 0 Å². The number of nitrogens with one attached hydrogen (secondary N) is 3. The Kier molecular flexibility index (Phi) is 3.62. The molecule has 1 unspecified atom stereocenters. The molecule has 0 saturated heterocycles. The van der Waals surface area contributed by atoms with Crippen molar-refractivity contribution in [1.29, 1.82) is 5.41 Å². The van der Waals surface area contributed by atoms with Gasteiger partial charge in [0.05, 0.1) is 22.7 Å². The van der Waals surface area contributed by atoms with Crippen LogP contribution in [-0.2, 0) is 0 Å². The summed E-state index contributed by atoms with van der Waals surface area (Å²) in [6.07, 6.45) is 4.26. The first-order valence-electron chi connectivity index (χ1n) is 8.27. The maximum atomic E-state index is 11.2. The SMILES string of the molecule is Cc1c2c(cc3c1[nH]c1ccc(O)cc13)C(/C(N)=C(/C=N)[N+](=O)[O-])NC=C2. The Morgan fingerprint density at radius 1 is 1.37 bits per heavy atom. The van der Waals surface area contributed by atoms with Crippen molar-refractivity contribution in [1.82, 2.24) is 10.3 Å². The van der Waals surface area contributed by atoms with E-state index in [0.29, 0.717) is 6.21 Å². The zero-order valence-electron chi connectivity index (χ0n) is 14.4. The number of nitro groups is 1. The van der Waals surface area contributed by atoms with E-state index in [1.165, 1.54) is 0 Å². The number of H-pyrrole nitrogens is 1. The second-order valence-electron chi connectivity index (χ2n) is 6.46. The fourth-order valence-corrected chi connectivity index (χ4v) is 3.66. The third kappa shape index (κ3) is 2.42. The smallest absolute Gasteiger partial charge is 0.307 e. The summed E-state index contributed by atoms with van der Waals surface area (Å²) in [5, 5.41) is 33.2. The van der Waals surface area contributed by atoms with Crippen molar-refractivity contribution >= 4 is 34.1 Å². The molecule has 1 aromatic heterocycles. The van der Waals surface area contributed by atoms with Gasteiger partial charge < -0.3 is 26.6 Å². The topological polar surface area (TPSA) is 141 Å². The number of nitrogens with zero attached hydrogens (tertiary/aromatic N) is 1. The highest BCUT2D eigenvalue weighted by Gasteiger charge is 2.28. The molecule has 6 N–H and O–H groups in total. The highest BCUT2D eigenvalue weighted by atomic mass is 16.6. The number of aromatic hydroxyl groups is 1. The average molecular weight is 363 g/mol. The molecule has 2 aromatic carbocycles. The quantitative estimate of drug-likeness (QED) is 0.276. The Bertz CT molecular complexity index is 1190. The molecule has 0 bridgehead atoms. The molecule has 0 radical (unpaired) electrons. The number of aryl methyl sites for hydroxylation is 1. The molecule has 8 heteroatoms. The van der Waals surface area contributed by atoms with Crippen LogP contribution in [0.5, 0.6) is 5.75 Å². The van der Waals surface area contributed by atoms with Crippen LogP contribution in [0, 0.1) is 22.4 Å². The first kappa shape index (κ1) is 16.6. The van der Waals surface area contributed by atoms with E-state index in [1.807, 2.05) is 25.1 Å². The predicted octanol–water partition coefficient (Wildman–Crippen LogP) is 3.05. The van der Waals surface area contributed by atoms with Gasteiger partial charge in [0.15, 0.2) is 0 Å². The van der Waals surface area contributed by atoms with Gasteiger partial charge in [0.1, 0.15) is 11.4 Å². The first-order valence-corrected chi connectivity index (χ1v) is 8.27. The summed E-state index contributed by atoms with van der Waals surface area (Å²) >= 11 is 0. The van der Waals surface area contributed by atoms with Crippen molar-refractivity contribution in [3.63, 3.8) is 0 Å². The van der Waals surface area contributed by atoms with Gasteiger partial charge >= 0.3 is 5.70 Å². The number of fused-ring (bicyclic) bond motifs is 4. The number of nitrogens with two attached hydrogens (primary N) is 1. The van der Waals surface area contributed by atoms with Gasteiger partial charge in [-0.25, -0.2) is 0 Å². The fraction of sp³-hybridized carbons (Fsp3) is 0.105. The van der Waals surface area contributed by atoms with Gasteiger partial charge in [-0.2, -0.15) is 0 Å². The van der Waals surface area contributed by atoms with Crippen molar-refractivity contribution in [2.45, 2.75) is 13.0 Å². The van der Waals surface area contributed by atoms with Gasteiger partial charge in [-0.1, -0.05) is 0 Å². The third-order valence-corrected chi connectivity index (χ3v) is 4.98. The fourth-order valence-electron chi connectivity index (χ4n) is 3.66. The lowest BCUT2D eigenvalue weighted by atomic mass is 9.89. The molecule has 3 aromatic rings. The van der Waals surface area contributed by atoms with Crippen LogP contribution < -0.4 is 11.1 Å². The minimum absolute atomic E-state index is 0.0259. The molecule has 4 rings (SSSR count). The minimum atomic E-state index is -0.656. The van der Waals surface area contributed by atoms with Crippen molar-refractivity contribution in [2.75, 3.05) is 0 Å². The van der Waals surface area contributed by atoms with Crippen LogP contribution in [0.25, 0.3) is 27.9 Å². The number of allylic oxidation sites excluding steroid dienone is 1. The lowest BCUT2D eigenvalue weighted by Gasteiger charge is -2.25. The lowest BCUT2D eigenvalue weighted by molar-refractivity contribution is -0.415. The summed E-state index contributed by atoms with van der Waals surface area (Å²) < 4.78 is 0. The van der Waals surface area contributed by atoms with E-state index in [2.05, 4.69) is 10.3 Å². The van der Waals surface area contributed by atoms with E-state index in [0.717, 1.165) is 38.5 Å². The lowest BCUT2D eigenvalue weighted by Crippen LogP contribution is -2.28. The van der Waals surface area contributed by atoms with Crippen molar-refractivity contribution in [2.24, 2.45) is 5.73 Å². The molecular formula is C19H17N5O3. The highest BCUT2D eigenvalue weighted by Crippen LogP contribution is 2.38. The average Bonchev–Trinajstić information content (AvgIpc) is 3.00. The zero-order valence-corrected chi connectivity index (χ0v) is 14.4. The monoisotopic (exact) mass is 363 g/mol. The molecular weight excluding hydrogens is 346 g/mol. The molecule has 0 fully saturated rings. The van der Waals surface area contributed by atoms with Crippen LogP contribution in [0.1, 0.15) is 22.7 Å². The number of benzene rings is 2. The number of rotatable bonds is 3. The second kappa shape index (κ2) is 5.87. The predicted molar refractivity (Wildman–Crippen MR) is 104 cm³/mol. The molecule has 2 heterocycles. The molecule has 27 heavy (non-hydrogen) atoms. The van der Waals surface area contributed by atoms with Gasteiger partial charge in [0.25, 0.3) is 0 Å². The zero-order chi connectivity index (χ0) is 19.3. The van der Waals surface area contributed by atoms with Gasteiger partial charge in [-0.15, -0.1) is 0 Å². The highest BCUT2D eigenvalue weighted by molar-refractivity contribution is 6.10. The minimum Gasteiger partial charge on any atom is -0.508 e. The molecule has 1 atom stereocenters. The van der Waals surface area contributed by atoms with Gasteiger partial charge in [-0.3, -0.25) is 10.1 Å². The Labute approximate surface area is 153 Å². The van der Waals surface area contributed by atoms with Crippen LogP contribution >= 0.6 is 0 Å². The Morgan fingerprint density at radius 2 is 2.15 bits per heavy atom. The molecule has 0 amide bonds. The molecule has 1 aliphatic rings. The number of hydrogen-bond acceptors (Lipinski definition) is 6. The van der Waals surface area contributed by atoms with E-state index in [1.54, 1.807) is 18.3 Å². The van der Waals surface area contributed by atoms with Crippen LogP contribution in [0.2, 0.25) is 0 Å². The third-order valence-electron chi connectivity index (χ3n) is 4.98. The number of aromatic amines is 1. The molecule has 1 aliphatic heterocycles. The summed E-state index contributed by atoms with van der Waals surface area (Å²) in [5.41, 5.74) is 10.1. The van der Waals surface area contributed by atoms with Crippen LogP contribution in [0.4, 0.5) is 0 Å². The molecule has 0 aliphatic carbocycles. The summed E-state index contributed by atoms with van der Waals surface area (Å²) in [6, 6.07) is 6.40. The van der Waals surface area contributed by atoms with Gasteiger partial charge in [-0.05, 0) is 60.2 Å². The Morgan fingerprint density at radius 3 is 2.85 bits per heavy atom.